The molecule has 0 spiro atoms. The van der Waals surface area contributed by atoms with Crippen molar-refractivity contribution in [1.29, 1.82) is 0 Å². The molecule has 0 unspecified atom stereocenters. The summed E-state index contributed by atoms with van der Waals surface area (Å²) in [5, 5.41) is 7.11. The number of benzene rings is 1. The molecule has 0 aromatic heterocycles. The summed E-state index contributed by atoms with van der Waals surface area (Å²) in [7, 11) is -6.10. The molecular weight excluding hydrogens is 291 g/mol. The van der Waals surface area contributed by atoms with Gasteiger partial charge in [0.2, 0.25) is 0 Å². The predicted molar refractivity (Wildman–Crippen MR) is 58.9 cm³/mol. The van der Waals surface area contributed by atoms with E-state index in [1.807, 2.05) is 6.07 Å². The molecule has 0 aliphatic rings. The highest BCUT2D eigenvalue weighted by molar-refractivity contribution is 7.87. The average Bonchev–Trinajstić information content (AvgIpc) is 2.28. The molecule has 10 heteroatoms. The zero-order valence-electron chi connectivity index (χ0n) is 9.62. The van der Waals surface area contributed by atoms with Crippen LogP contribution in [0, 0.1) is 10.1 Å². The number of halogens is 3. The first kappa shape index (κ1) is 17.2. The van der Waals surface area contributed by atoms with Crippen LogP contribution < -0.4 is 0 Å². The van der Waals surface area contributed by atoms with E-state index in [2.05, 4.69) is 35.5 Å². The van der Waals surface area contributed by atoms with Crippen molar-refractivity contribution in [3.63, 3.8) is 0 Å². The molecule has 0 aliphatic carbocycles. The standard InChI is InChI=1S/C8H10.CF3NO5S/c1-2-8-6-4-3-5-7-8;2-1(3,4)11(8,9)10-5(6)7/h3-7H,2H2,1H3;. The summed E-state index contributed by atoms with van der Waals surface area (Å²) < 4.78 is 55.2. The van der Waals surface area contributed by atoms with Crippen molar-refractivity contribution < 1.29 is 31.0 Å². The molecule has 0 fully saturated rings. The number of hydrogen-bond donors (Lipinski definition) is 0. The number of aryl methyl sites for hydroxylation is 1. The Bertz CT molecular complexity index is 500. The number of rotatable bonds is 3. The average molecular weight is 301 g/mol. The molecule has 0 aliphatic heterocycles. The third kappa shape index (κ3) is 6.60. The molecule has 6 nitrogen and oxygen atoms in total. The summed E-state index contributed by atoms with van der Waals surface area (Å²) >= 11 is 0. The van der Waals surface area contributed by atoms with Gasteiger partial charge in [0.05, 0.1) is 0 Å². The molecule has 0 radical (unpaired) electrons. The fraction of sp³-hybridized carbons (Fsp3) is 0.333. The van der Waals surface area contributed by atoms with Crippen molar-refractivity contribution in [3.8, 4) is 0 Å². The second-order valence-corrected chi connectivity index (χ2v) is 4.56. The monoisotopic (exact) mass is 301 g/mol. The molecule has 1 rings (SSSR count). The Hall–Kier alpha value is -1.84. The smallest absolute Gasteiger partial charge is 0.191 e. The fourth-order valence-electron chi connectivity index (χ4n) is 0.836. The third-order valence-electron chi connectivity index (χ3n) is 1.69. The first-order valence-electron chi connectivity index (χ1n) is 4.79. The van der Waals surface area contributed by atoms with Crippen LogP contribution in [0.5, 0.6) is 0 Å². The van der Waals surface area contributed by atoms with Crippen LogP contribution in [0.2, 0.25) is 0 Å². The van der Waals surface area contributed by atoms with E-state index < -0.39 is 20.7 Å². The lowest BCUT2D eigenvalue weighted by atomic mass is 10.2. The Labute approximate surface area is 107 Å². The van der Waals surface area contributed by atoms with E-state index in [1.54, 1.807) is 0 Å². The lowest BCUT2D eigenvalue weighted by Crippen LogP contribution is -2.27. The summed E-state index contributed by atoms with van der Waals surface area (Å²) in [4.78, 5) is 9.17. The molecule has 0 heterocycles. The van der Waals surface area contributed by atoms with Gasteiger partial charge in [0, 0.05) is 0 Å². The van der Waals surface area contributed by atoms with Crippen molar-refractivity contribution in [2.75, 3.05) is 0 Å². The molecule has 0 saturated heterocycles. The number of alkyl halides is 3. The lowest BCUT2D eigenvalue weighted by molar-refractivity contribution is -0.712. The summed E-state index contributed by atoms with van der Waals surface area (Å²) in [6.45, 7) is 2.16. The van der Waals surface area contributed by atoms with E-state index in [9.17, 15) is 21.6 Å². The van der Waals surface area contributed by atoms with E-state index >= 15 is 0 Å². The minimum absolute atomic E-state index is 1.14. The summed E-state index contributed by atoms with van der Waals surface area (Å²) in [6, 6.07) is 10.5. The fourth-order valence-corrected chi connectivity index (χ4v) is 1.08. The van der Waals surface area contributed by atoms with E-state index in [-0.39, 0.29) is 0 Å². The highest BCUT2D eigenvalue weighted by Crippen LogP contribution is 2.24. The van der Waals surface area contributed by atoms with Gasteiger partial charge in [-0.1, -0.05) is 37.3 Å². The normalized spacial score (nSPS) is 11.2. The van der Waals surface area contributed by atoms with Crippen LogP contribution in [0.3, 0.4) is 0 Å². The molecule has 0 N–H and O–H groups in total. The van der Waals surface area contributed by atoms with Crippen LogP contribution in [0.1, 0.15) is 12.5 Å². The van der Waals surface area contributed by atoms with Gasteiger partial charge in [0.15, 0.2) is 0 Å². The Kier molecular flexibility index (Phi) is 6.25. The third-order valence-corrected chi connectivity index (χ3v) is 2.58. The minimum atomic E-state index is -6.10. The van der Waals surface area contributed by atoms with E-state index in [0.29, 0.717) is 0 Å². The van der Waals surface area contributed by atoms with Gasteiger partial charge in [-0.25, -0.2) is 0 Å². The van der Waals surface area contributed by atoms with E-state index in [1.165, 1.54) is 5.56 Å². The van der Waals surface area contributed by atoms with E-state index in [0.717, 1.165) is 6.42 Å². The second-order valence-electron chi connectivity index (χ2n) is 3.04. The molecule has 19 heavy (non-hydrogen) atoms. The second kappa shape index (κ2) is 6.92. The Morgan fingerprint density at radius 1 is 1.26 bits per heavy atom. The van der Waals surface area contributed by atoms with E-state index in [4.69, 9.17) is 10.1 Å². The van der Waals surface area contributed by atoms with Crippen molar-refractivity contribution in [2.24, 2.45) is 0 Å². The number of hydrogen-bond acceptors (Lipinski definition) is 5. The zero-order valence-corrected chi connectivity index (χ0v) is 10.4. The van der Waals surface area contributed by atoms with Crippen LogP contribution >= 0.6 is 0 Å². The van der Waals surface area contributed by atoms with Crippen LogP contribution in [-0.4, -0.2) is 19.0 Å². The topological polar surface area (TPSA) is 86.5 Å². The molecule has 0 bridgehead atoms. The highest BCUT2D eigenvalue weighted by Gasteiger charge is 2.49. The first-order chi connectivity index (χ1) is 8.60. The van der Waals surface area contributed by atoms with Crippen molar-refractivity contribution in [2.45, 2.75) is 18.9 Å². The Morgan fingerprint density at radius 2 is 1.74 bits per heavy atom. The van der Waals surface area contributed by atoms with Crippen LogP contribution in [0.4, 0.5) is 13.2 Å². The zero-order chi connectivity index (χ0) is 15.1. The van der Waals surface area contributed by atoms with Gasteiger partial charge >= 0.3 is 20.7 Å². The lowest BCUT2D eigenvalue weighted by Gasteiger charge is -2.02. The molecule has 1 aromatic rings. The molecule has 108 valence electrons. The molecular formula is C9H10F3NO5S. The minimum Gasteiger partial charge on any atom is -0.191 e. The largest absolute Gasteiger partial charge is 0.522 e. The Morgan fingerprint density at radius 3 is 1.95 bits per heavy atom. The van der Waals surface area contributed by atoms with Gasteiger partial charge in [-0.3, -0.25) is 0 Å². The molecule has 0 atom stereocenters. The quantitative estimate of drug-likeness (QED) is 0.485. The predicted octanol–water partition coefficient (Wildman–Crippen LogP) is 2.29. The van der Waals surface area contributed by atoms with Crippen LogP contribution in [-0.2, 0) is 20.8 Å². The highest BCUT2D eigenvalue weighted by atomic mass is 32.2. The van der Waals surface area contributed by atoms with Gasteiger partial charge in [0.25, 0.3) is 0 Å². The van der Waals surface area contributed by atoms with Gasteiger partial charge in [0.1, 0.15) is 0 Å². The van der Waals surface area contributed by atoms with Gasteiger partial charge in [-0.05, 0) is 12.0 Å². The van der Waals surface area contributed by atoms with Crippen LogP contribution in [0.25, 0.3) is 0 Å². The van der Waals surface area contributed by atoms with Gasteiger partial charge in [-0.2, -0.15) is 25.9 Å². The molecule has 1 aromatic carbocycles. The van der Waals surface area contributed by atoms with Crippen molar-refractivity contribution in [1.82, 2.24) is 0 Å². The van der Waals surface area contributed by atoms with Crippen molar-refractivity contribution >= 4 is 10.1 Å². The summed E-state index contributed by atoms with van der Waals surface area (Å²) in [5.74, 6) is 0. The van der Waals surface area contributed by atoms with Crippen LogP contribution in [0.15, 0.2) is 30.3 Å². The molecule has 0 saturated carbocycles. The van der Waals surface area contributed by atoms with Gasteiger partial charge in [-0.15, -0.1) is 10.1 Å². The molecule has 0 amide bonds. The Balaban J connectivity index is 0.000000356. The number of nitrogens with zero attached hydrogens (tertiary/aromatic N) is 1. The summed E-state index contributed by atoms with van der Waals surface area (Å²) in [6.07, 6.45) is 1.14. The maximum atomic E-state index is 11.2. The van der Waals surface area contributed by atoms with Gasteiger partial charge < -0.3 is 0 Å². The summed E-state index contributed by atoms with van der Waals surface area (Å²) in [5.41, 5.74) is -4.35. The SMILES string of the molecule is CCc1ccccc1.O=[N+]([O-])OS(=O)(=O)C(F)(F)F. The maximum Gasteiger partial charge on any atom is 0.522 e. The maximum absolute atomic E-state index is 11.2. The first-order valence-corrected chi connectivity index (χ1v) is 6.20. The van der Waals surface area contributed by atoms with Crippen molar-refractivity contribution in [3.05, 3.63) is 46.0 Å².